The SMILES string of the molecule is Nc1c(N)c(C2=Nc3ccccc3C2=O)c(N)c(N)c1O. The van der Waals surface area contributed by atoms with Gasteiger partial charge in [0.1, 0.15) is 17.1 Å². The number of hydrogen-bond acceptors (Lipinski definition) is 7. The van der Waals surface area contributed by atoms with Crippen LogP contribution in [0.25, 0.3) is 0 Å². The second-order valence-corrected chi connectivity index (χ2v) is 4.68. The number of aromatic hydroxyl groups is 1. The minimum atomic E-state index is -0.391. The fraction of sp³-hybridized carbons (Fsp3) is 0. The fourth-order valence-electron chi connectivity index (χ4n) is 2.30. The topological polar surface area (TPSA) is 154 Å². The quantitative estimate of drug-likeness (QED) is 0.389. The first-order chi connectivity index (χ1) is 9.93. The maximum absolute atomic E-state index is 12.4. The van der Waals surface area contributed by atoms with Gasteiger partial charge >= 0.3 is 0 Å². The molecule has 0 saturated carbocycles. The molecule has 7 nitrogen and oxygen atoms in total. The van der Waals surface area contributed by atoms with Crippen LogP contribution in [0.4, 0.5) is 28.4 Å². The van der Waals surface area contributed by atoms with Crippen LogP contribution in [0.1, 0.15) is 15.9 Å². The van der Waals surface area contributed by atoms with Crippen LogP contribution in [-0.2, 0) is 0 Å². The van der Waals surface area contributed by atoms with Gasteiger partial charge in [-0.15, -0.1) is 0 Å². The highest BCUT2D eigenvalue weighted by Gasteiger charge is 2.30. The Balaban J connectivity index is 2.28. The average Bonchev–Trinajstić information content (AvgIpc) is 2.81. The molecule has 106 valence electrons. The maximum Gasteiger partial charge on any atom is 0.214 e. The van der Waals surface area contributed by atoms with Gasteiger partial charge in [0.15, 0.2) is 5.75 Å². The largest absolute Gasteiger partial charge is 0.504 e. The summed E-state index contributed by atoms with van der Waals surface area (Å²) < 4.78 is 0. The molecule has 7 heteroatoms. The summed E-state index contributed by atoms with van der Waals surface area (Å²) in [7, 11) is 0. The van der Waals surface area contributed by atoms with Crippen LogP contribution in [-0.4, -0.2) is 16.6 Å². The van der Waals surface area contributed by atoms with Crippen LogP contribution < -0.4 is 22.9 Å². The Morgan fingerprint density at radius 3 is 2.05 bits per heavy atom. The lowest BCUT2D eigenvalue weighted by Gasteiger charge is -2.15. The maximum atomic E-state index is 12.4. The molecule has 0 saturated heterocycles. The van der Waals surface area contributed by atoms with Crippen molar-refractivity contribution in [1.82, 2.24) is 0 Å². The Kier molecular flexibility index (Phi) is 2.52. The van der Waals surface area contributed by atoms with Crippen molar-refractivity contribution in [3.63, 3.8) is 0 Å². The molecule has 0 amide bonds. The number of fused-ring (bicyclic) bond motifs is 1. The predicted octanol–water partition coefficient (Wildman–Crippen LogP) is 1.04. The number of phenols is 1. The Hall–Kier alpha value is -3.22. The number of nitrogens with two attached hydrogens (primary N) is 4. The number of Topliss-reactive ketones (excluding diaryl/α,β-unsaturated/α-hetero) is 1. The smallest absolute Gasteiger partial charge is 0.214 e. The van der Waals surface area contributed by atoms with Gasteiger partial charge in [0.05, 0.1) is 22.6 Å². The van der Waals surface area contributed by atoms with Crippen molar-refractivity contribution in [2.24, 2.45) is 4.99 Å². The van der Waals surface area contributed by atoms with E-state index in [-0.39, 0.29) is 39.8 Å². The number of para-hydroxylation sites is 1. The molecule has 1 aliphatic heterocycles. The van der Waals surface area contributed by atoms with Crippen LogP contribution in [0.2, 0.25) is 0 Å². The molecular weight excluding hydrogens is 270 g/mol. The number of nitrogens with zero attached hydrogens (tertiary/aromatic N) is 1. The van der Waals surface area contributed by atoms with Gasteiger partial charge < -0.3 is 28.0 Å². The van der Waals surface area contributed by atoms with Gasteiger partial charge in [-0.2, -0.15) is 0 Å². The van der Waals surface area contributed by atoms with Gasteiger partial charge in [-0.05, 0) is 12.1 Å². The van der Waals surface area contributed by atoms with E-state index in [1.54, 1.807) is 24.3 Å². The molecule has 1 heterocycles. The summed E-state index contributed by atoms with van der Waals surface area (Å²) in [5.41, 5.74) is 24.1. The molecule has 2 aromatic carbocycles. The summed E-state index contributed by atoms with van der Waals surface area (Å²) >= 11 is 0. The highest BCUT2D eigenvalue weighted by molar-refractivity contribution is 6.56. The molecular formula is C14H13N5O2. The van der Waals surface area contributed by atoms with Crippen LogP contribution in [0.5, 0.6) is 5.75 Å². The molecule has 0 aromatic heterocycles. The van der Waals surface area contributed by atoms with Crippen molar-refractivity contribution < 1.29 is 9.90 Å². The Morgan fingerprint density at radius 2 is 1.48 bits per heavy atom. The molecule has 0 bridgehead atoms. The van der Waals surface area contributed by atoms with E-state index in [0.29, 0.717) is 11.3 Å². The van der Waals surface area contributed by atoms with E-state index in [0.717, 1.165) is 0 Å². The number of nitrogen functional groups attached to an aromatic ring is 4. The van der Waals surface area contributed by atoms with Crippen molar-refractivity contribution in [3.05, 3.63) is 35.4 Å². The summed E-state index contributed by atoms with van der Waals surface area (Å²) in [5.74, 6) is -0.703. The van der Waals surface area contributed by atoms with Gasteiger partial charge in [-0.25, -0.2) is 4.99 Å². The molecule has 0 fully saturated rings. The zero-order valence-corrected chi connectivity index (χ0v) is 10.9. The van der Waals surface area contributed by atoms with E-state index in [2.05, 4.69) is 4.99 Å². The number of carbonyl (C=O) groups excluding carboxylic acids is 1. The van der Waals surface area contributed by atoms with Crippen LogP contribution >= 0.6 is 0 Å². The third-order valence-electron chi connectivity index (χ3n) is 3.46. The zero-order chi connectivity index (χ0) is 15.3. The number of hydrogen-bond donors (Lipinski definition) is 5. The van der Waals surface area contributed by atoms with Crippen LogP contribution in [0, 0.1) is 0 Å². The molecule has 9 N–H and O–H groups in total. The second kappa shape index (κ2) is 4.14. The molecule has 2 aromatic rings. The van der Waals surface area contributed by atoms with Crippen molar-refractivity contribution in [2.75, 3.05) is 22.9 Å². The predicted molar refractivity (Wildman–Crippen MR) is 82.7 cm³/mol. The van der Waals surface area contributed by atoms with Crippen molar-refractivity contribution >= 4 is 39.9 Å². The van der Waals surface area contributed by atoms with Crippen LogP contribution in [0.15, 0.2) is 29.3 Å². The molecule has 3 rings (SSSR count). The van der Waals surface area contributed by atoms with Crippen molar-refractivity contribution in [1.29, 1.82) is 0 Å². The Morgan fingerprint density at radius 1 is 0.905 bits per heavy atom. The number of rotatable bonds is 1. The summed E-state index contributed by atoms with van der Waals surface area (Å²) in [6.07, 6.45) is 0. The van der Waals surface area contributed by atoms with Crippen molar-refractivity contribution in [2.45, 2.75) is 0 Å². The van der Waals surface area contributed by atoms with E-state index in [1.807, 2.05) is 0 Å². The van der Waals surface area contributed by atoms with Gasteiger partial charge in [0.25, 0.3) is 0 Å². The zero-order valence-electron chi connectivity index (χ0n) is 10.9. The number of anilines is 4. The minimum absolute atomic E-state index is 0.0147. The molecule has 0 aliphatic carbocycles. The lowest BCUT2D eigenvalue weighted by molar-refractivity contribution is 0.107. The molecule has 21 heavy (non-hydrogen) atoms. The summed E-state index contributed by atoms with van der Waals surface area (Å²) in [4.78, 5) is 16.7. The van der Waals surface area contributed by atoms with Gasteiger partial charge in [0.2, 0.25) is 5.78 Å². The molecule has 0 radical (unpaired) electrons. The third kappa shape index (κ3) is 1.61. The van der Waals surface area contributed by atoms with Crippen molar-refractivity contribution in [3.8, 4) is 5.75 Å². The first-order valence-electron chi connectivity index (χ1n) is 6.11. The number of ketones is 1. The normalized spacial score (nSPS) is 13.1. The first-order valence-corrected chi connectivity index (χ1v) is 6.11. The fourth-order valence-corrected chi connectivity index (χ4v) is 2.30. The highest BCUT2D eigenvalue weighted by Crippen LogP contribution is 2.43. The molecule has 0 unspecified atom stereocenters. The molecule has 1 aliphatic rings. The highest BCUT2D eigenvalue weighted by atomic mass is 16.3. The molecule has 0 atom stereocenters. The minimum Gasteiger partial charge on any atom is -0.504 e. The number of benzene rings is 2. The second-order valence-electron chi connectivity index (χ2n) is 4.68. The number of aliphatic imine (C=N–C) groups is 1. The summed E-state index contributed by atoms with van der Waals surface area (Å²) in [6.45, 7) is 0. The monoisotopic (exact) mass is 283 g/mol. The lowest BCUT2D eigenvalue weighted by atomic mass is 9.97. The van der Waals surface area contributed by atoms with E-state index in [4.69, 9.17) is 22.9 Å². The molecule has 0 spiro atoms. The van der Waals surface area contributed by atoms with E-state index >= 15 is 0 Å². The summed E-state index contributed by atoms with van der Waals surface area (Å²) in [6, 6.07) is 6.87. The van der Waals surface area contributed by atoms with E-state index in [9.17, 15) is 9.90 Å². The van der Waals surface area contributed by atoms with E-state index < -0.39 is 5.75 Å². The lowest BCUT2D eigenvalue weighted by Crippen LogP contribution is -2.18. The summed E-state index contributed by atoms with van der Waals surface area (Å²) in [5, 5.41) is 9.74. The average molecular weight is 283 g/mol. The number of phenolic OH excluding ortho intramolecular Hbond substituents is 1. The van der Waals surface area contributed by atoms with E-state index in [1.165, 1.54) is 0 Å². The van der Waals surface area contributed by atoms with Gasteiger partial charge in [-0.1, -0.05) is 12.1 Å². The van der Waals surface area contributed by atoms with Gasteiger partial charge in [0, 0.05) is 5.56 Å². The Labute approximate surface area is 119 Å². The standard InChI is InChI=1S/C14H13N5O2/c15-8-7(9(16)11(18)14(21)10(8)17)12-13(20)5-3-1-2-4-6(5)19-12/h1-4,21H,15-18H2. The third-order valence-corrected chi connectivity index (χ3v) is 3.46. The Bertz CT molecular complexity index is 797. The number of carbonyl (C=O) groups is 1. The van der Waals surface area contributed by atoms with Crippen LogP contribution in [0.3, 0.4) is 0 Å². The first kappa shape index (κ1) is 12.8. The van der Waals surface area contributed by atoms with Gasteiger partial charge in [-0.3, -0.25) is 4.79 Å².